The minimum Gasteiger partial charge on any atom is -0.493 e. The van der Waals surface area contributed by atoms with Crippen LogP contribution in [0.25, 0.3) is 21.9 Å². The maximum Gasteiger partial charge on any atom is 0.336 e. The maximum atomic E-state index is 13.3. The normalized spacial score (nSPS) is 11.0. The largest absolute Gasteiger partial charge is 0.493 e. The highest BCUT2D eigenvalue weighted by molar-refractivity contribution is 7.92. The predicted octanol–water partition coefficient (Wildman–Crippen LogP) is 7.00. The van der Waals surface area contributed by atoms with Crippen LogP contribution < -0.4 is 18.9 Å². The molecule has 5 aromatic rings. The number of carboxylic acids is 1. The van der Waals surface area contributed by atoms with Gasteiger partial charge < -0.3 is 19.3 Å². The number of carboxylic acid groups (broad SMARTS) is 1. The Balaban J connectivity index is 1.66. The fourth-order valence-corrected chi connectivity index (χ4v) is 6.02. The fourth-order valence-electron chi connectivity index (χ4n) is 4.72. The number of ether oxygens (including phenoxy) is 3. The van der Waals surface area contributed by atoms with Gasteiger partial charge in [-0.2, -0.15) is 5.26 Å². The lowest BCUT2D eigenvalue weighted by Gasteiger charge is -2.18. The maximum absolute atomic E-state index is 13.3. The SMILES string of the molecule is COc1cc(C(=O)O)c(-c2cc(NS(=O)(=O)c3ccccc3C)ccc2Oc2ccc3cc(C#N)ccc3c2)cc1OC. The van der Waals surface area contributed by atoms with Crippen LogP contribution >= 0.6 is 0 Å². The number of nitrogens with zero attached hydrogens (tertiary/aromatic N) is 1. The number of hydrogen-bond acceptors (Lipinski definition) is 7. The number of anilines is 1. The van der Waals surface area contributed by atoms with Crippen LogP contribution in [0.2, 0.25) is 0 Å². The van der Waals surface area contributed by atoms with Crippen LogP contribution in [0, 0.1) is 18.3 Å². The van der Waals surface area contributed by atoms with E-state index in [0.717, 1.165) is 10.8 Å². The lowest BCUT2D eigenvalue weighted by molar-refractivity contribution is 0.0697. The third-order valence-electron chi connectivity index (χ3n) is 6.83. The lowest BCUT2D eigenvalue weighted by Crippen LogP contribution is -2.14. The Bertz CT molecular complexity index is 2030. The van der Waals surface area contributed by atoms with Gasteiger partial charge in [-0.15, -0.1) is 0 Å². The quantitative estimate of drug-likeness (QED) is 0.186. The smallest absolute Gasteiger partial charge is 0.336 e. The Morgan fingerprint density at radius 1 is 0.814 bits per heavy atom. The summed E-state index contributed by atoms with van der Waals surface area (Å²) in [5.74, 6) is -0.0236. The van der Waals surface area contributed by atoms with E-state index in [1.165, 1.54) is 44.6 Å². The van der Waals surface area contributed by atoms with Crippen molar-refractivity contribution in [2.75, 3.05) is 18.9 Å². The fraction of sp³-hybridized carbons (Fsp3) is 0.0909. The summed E-state index contributed by atoms with van der Waals surface area (Å²) < 4.78 is 46.2. The monoisotopic (exact) mass is 594 g/mol. The molecule has 0 amide bonds. The average Bonchev–Trinajstić information content (AvgIpc) is 3.00. The third-order valence-corrected chi connectivity index (χ3v) is 8.37. The van der Waals surface area contributed by atoms with Crippen molar-refractivity contribution in [1.82, 2.24) is 0 Å². The van der Waals surface area contributed by atoms with Crippen molar-refractivity contribution in [1.29, 1.82) is 5.26 Å². The van der Waals surface area contributed by atoms with Crippen molar-refractivity contribution in [2.45, 2.75) is 11.8 Å². The number of rotatable bonds is 9. The van der Waals surface area contributed by atoms with Gasteiger partial charge in [-0.05, 0) is 83.9 Å². The highest BCUT2D eigenvalue weighted by Crippen LogP contribution is 2.42. The third kappa shape index (κ3) is 5.93. The topological polar surface area (TPSA) is 135 Å². The standard InChI is InChI=1S/C33H26N2O7S/c1-20-6-4-5-7-32(20)43(38,39)35-24-11-13-29(42-25-12-10-22-14-21(19-34)8-9-23(22)15-25)27(16-24)26-17-30(40-2)31(41-3)18-28(26)33(36)37/h4-18,35H,1-3H3,(H,36,37). The van der Waals surface area contributed by atoms with E-state index >= 15 is 0 Å². The molecule has 0 radical (unpaired) electrons. The van der Waals surface area contributed by atoms with Gasteiger partial charge in [0.05, 0.1) is 36.3 Å². The number of methoxy groups -OCH3 is 2. The highest BCUT2D eigenvalue weighted by Gasteiger charge is 2.23. The zero-order valence-corrected chi connectivity index (χ0v) is 24.2. The molecular formula is C33H26N2O7S. The first-order valence-corrected chi connectivity index (χ1v) is 14.5. The van der Waals surface area contributed by atoms with Gasteiger partial charge in [-0.3, -0.25) is 4.72 Å². The zero-order valence-electron chi connectivity index (χ0n) is 23.4. The summed E-state index contributed by atoms with van der Waals surface area (Å²) in [5.41, 5.74) is 1.70. The second kappa shape index (κ2) is 11.8. The zero-order chi connectivity index (χ0) is 30.7. The molecule has 0 aliphatic carbocycles. The van der Waals surface area contributed by atoms with E-state index in [1.54, 1.807) is 55.5 Å². The van der Waals surface area contributed by atoms with Gasteiger partial charge in [-0.1, -0.05) is 30.3 Å². The molecule has 0 unspecified atom stereocenters. The number of aryl methyl sites for hydroxylation is 1. The van der Waals surface area contributed by atoms with Crippen molar-refractivity contribution >= 4 is 32.5 Å². The second-order valence-electron chi connectivity index (χ2n) is 9.58. The summed E-state index contributed by atoms with van der Waals surface area (Å²) in [4.78, 5) is 12.5. The van der Waals surface area contributed by atoms with E-state index in [0.29, 0.717) is 22.4 Å². The van der Waals surface area contributed by atoms with Gasteiger partial charge in [-0.25, -0.2) is 13.2 Å². The molecule has 5 rings (SSSR count). The van der Waals surface area contributed by atoms with Crippen molar-refractivity contribution in [3.05, 3.63) is 108 Å². The molecule has 0 saturated carbocycles. The van der Waals surface area contributed by atoms with E-state index in [2.05, 4.69) is 10.8 Å². The Kier molecular flexibility index (Phi) is 7.92. The van der Waals surface area contributed by atoms with E-state index in [-0.39, 0.29) is 39.0 Å². The Morgan fingerprint density at radius 3 is 2.21 bits per heavy atom. The molecule has 0 aliphatic heterocycles. The van der Waals surface area contributed by atoms with Crippen LogP contribution in [0.1, 0.15) is 21.5 Å². The van der Waals surface area contributed by atoms with Gasteiger partial charge in [0, 0.05) is 16.8 Å². The first-order chi connectivity index (χ1) is 20.6. The van der Waals surface area contributed by atoms with Gasteiger partial charge >= 0.3 is 5.97 Å². The minimum atomic E-state index is -3.97. The number of hydrogen-bond donors (Lipinski definition) is 2. The summed E-state index contributed by atoms with van der Waals surface area (Å²) in [5, 5.41) is 21.0. The second-order valence-corrected chi connectivity index (χ2v) is 11.2. The molecule has 0 atom stereocenters. The average molecular weight is 595 g/mol. The first kappa shape index (κ1) is 29.0. The summed E-state index contributed by atoms with van der Waals surface area (Å²) in [6.07, 6.45) is 0. The van der Waals surface area contributed by atoms with E-state index in [1.807, 2.05) is 12.1 Å². The number of fused-ring (bicyclic) bond motifs is 1. The number of nitriles is 1. The van der Waals surface area contributed by atoms with E-state index in [9.17, 15) is 23.6 Å². The molecule has 5 aromatic carbocycles. The van der Waals surface area contributed by atoms with Gasteiger partial charge in [0.15, 0.2) is 11.5 Å². The summed E-state index contributed by atoms with van der Waals surface area (Å²) >= 11 is 0. The van der Waals surface area contributed by atoms with Crippen LogP contribution in [0.3, 0.4) is 0 Å². The van der Waals surface area contributed by atoms with Crippen LogP contribution in [0.15, 0.2) is 95.9 Å². The molecule has 10 heteroatoms. The molecule has 0 bridgehead atoms. The summed E-state index contributed by atoms with van der Waals surface area (Å²) in [6, 6.07) is 26.8. The van der Waals surface area contributed by atoms with E-state index in [4.69, 9.17) is 14.2 Å². The molecule has 0 fully saturated rings. The minimum absolute atomic E-state index is 0.107. The van der Waals surface area contributed by atoms with Gasteiger partial charge in [0.2, 0.25) is 0 Å². The number of benzene rings is 5. The van der Waals surface area contributed by atoms with Crippen LogP contribution in [0.5, 0.6) is 23.0 Å². The molecule has 0 aliphatic rings. The lowest BCUT2D eigenvalue weighted by atomic mass is 9.97. The van der Waals surface area contributed by atoms with Crippen molar-refractivity contribution in [3.8, 4) is 40.2 Å². The number of aromatic carboxylic acids is 1. The van der Waals surface area contributed by atoms with Gasteiger partial charge in [0.1, 0.15) is 11.5 Å². The number of nitrogens with one attached hydrogen (secondary N) is 1. The first-order valence-electron chi connectivity index (χ1n) is 13.0. The Labute approximate surface area is 248 Å². The Hall–Kier alpha value is -5.53. The number of sulfonamides is 1. The van der Waals surface area contributed by atoms with Crippen molar-refractivity contribution in [3.63, 3.8) is 0 Å². The Morgan fingerprint density at radius 2 is 1.51 bits per heavy atom. The molecular weight excluding hydrogens is 568 g/mol. The molecule has 0 spiro atoms. The molecule has 216 valence electrons. The molecule has 0 heterocycles. The molecule has 0 saturated heterocycles. The molecule has 43 heavy (non-hydrogen) atoms. The molecule has 9 nitrogen and oxygen atoms in total. The molecule has 0 aromatic heterocycles. The number of carbonyl (C=O) groups is 1. The van der Waals surface area contributed by atoms with Crippen LogP contribution in [-0.2, 0) is 10.0 Å². The van der Waals surface area contributed by atoms with Crippen molar-refractivity contribution < 1.29 is 32.5 Å². The van der Waals surface area contributed by atoms with Gasteiger partial charge in [0.25, 0.3) is 10.0 Å². The molecule has 2 N–H and O–H groups in total. The van der Waals surface area contributed by atoms with E-state index < -0.39 is 16.0 Å². The van der Waals surface area contributed by atoms with Crippen LogP contribution in [-0.4, -0.2) is 33.7 Å². The van der Waals surface area contributed by atoms with Crippen LogP contribution in [0.4, 0.5) is 5.69 Å². The predicted molar refractivity (Wildman–Crippen MR) is 163 cm³/mol. The summed E-state index contributed by atoms with van der Waals surface area (Å²) in [6.45, 7) is 1.70. The van der Waals surface area contributed by atoms with Crippen molar-refractivity contribution in [2.24, 2.45) is 0 Å². The highest BCUT2D eigenvalue weighted by atomic mass is 32.2. The summed E-state index contributed by atoms with van der Waals surface area (Å²) in [7, 11) is -1.14.